The van der Waals surface area contributed by atoms with E-state index in [0.29, 0.717) is 12.3 Å². The van der Waals surface area contributed by atoms with Crippen LogP contribution in [0.5, 0.6) is 11.5 Å². The molecule has 1 fully saturated rings. The van der Waals surface area contributed by atoms with Crippen LogP contribution in [0.25, 0.3) is 0 Å². The van der Waals surface area contributed by atoms with Crippen LogP contribution in [-0.2, 0) is 0 Å². The summed E-state index contributed by atoms with van der Waals surface area (Å²) >= 11 is 0. The third-order valence-electron chi connectivity index (χ3n) is 4.33. The van der Waals surface area contributed by atoms with Crippen molar-refractivity contribution in [3.63, 3.8) is 0 Å². The van der Waals surface area contributed by atoms with Gasteiger partial charge in [0, 0.05) is 12.6 Å². The first-order valence-electron chi connectivity index (χ1n) is 7.73. The van der Waals surface area contributed by atoms with Crippen LogP contribution >= 0.6 is 0 Å². The van der Waals surface area contributed by atoms with Gasteiger partial charge >= 0.3 is 0 Å². The quantitative estimate of drug-likeness (QED) is 0.738. The summed E-state index contributed by atoms with van der Waals surface area (Å²) in [5, 5.41) is 23.7. The van der Waals surface area contributed by atoms with Gasteiger partial charge in [0.2, 0.25) is 6.79 Å². The molecule has 0 radical (unpaired) electrons. The molecule has 1 aliphatic heterocycles. The molecule has 0 aromatic heterocycles. The Morgan fingerprint density at radius 3 is 2.86 bits per heavy atom. The van der Waals surface area contributed by atoms with E-state index in [1.807, 2.05) is 18.2 Å². The second-order valence-corrected chi connectivity index (χ2v) is 5.85. The lowest BCUT2D eigenvalue weighted by Crippen LogP contribution is -2.41. The molecule has 0 amide bonds. The maximum absolute atomic E-state index is 10.3. The van der Waals surface area contributed by atoms with E-state index in [9.17, 15) is 10.2 Å². The molecular formula is C16H23NO4. The van der Waals surface area contributed by atoms with E-state index >= 15 is 0 Å². The SMILES string of the molecule is OC(CNC1CCCCCC1O)c1ccc2c(c1)OCO2. The molecule has 3 unspecified atom stereocenters. The minimum atomic E-state index is -0.616. The molecule has 2 aliphatic rings. The predicted molar refractivity (Wildman–Crippen MR) is 78.4 cm³/mol. The Kier molecular flexibility index (Phi) is 4.63. The predicted octanol–water partition coefficient (Wildman–Crippen LogP) is 1.73. The standard InChI is InChI=1S/C16H23NO4/c18-13-5-3-1-2-4-12(13)17-9-14(19)11-6-7-15-16(8-11)21-10-20-15/h6-8,12-14,17-19H,1-5,9-10H2. The van der Waals surface area contributed by atoms with Crippen LogP contribution in [-0.4, -0.2) is 35.7 Å². The molecule has 5 nitrogen and oxygen atoms in total. The number of hydrogen-bond acceptors (Lipinski definition) is 5. The van der Waals surface area contributed by atoms with Crippen molar-refractivity contribution >= 4 is 0 Å². The summed E-state index contributed by atoms with van der Waals surface area (Å²) in [6.45, 7) is 0.669. The molecule has 1 saturated carbocycles. The third-order valence-corrected chi connectivity index (χ3v) is 4.33. The fourth-order valence-electron chi connectivity index (χ4n) is 3.03. The highest BCUT2D eigenvalue weighted by atomic mass is 16.7. The fourth-order valence-corrected chi connectivity index (χ4v) is 3.03. The zero-order valence-electron chi connectivity index (χ0n) is 12.1. The first kappa shape index (κ1) is 14.6. The third kappa shape index (κ3) is 3.48. The van der Waals surface area contributed by atoms with E-state index < -0.39 is 6.10 Å². The number of nitrogens with one attached hydrogen (secondary N) is 1. The molecule has 5 heteroatoms. The molecule has 1 aromatic carbocycles. The van der Waals surface area contributed by atoms with E-state index in [-0.39, 0.29) is 18.9 Å². The van der Waals surface area contributed by atoms with Gasteiger partial charge in [-0.25, -0.2) is 0 Å². The van der Waals surface area contributed by atoms with Gasteiger partial charge in [0.05, 0.1) is 12.2 Å². The molecule has 0 saturated heterocycles. The van der Waals surface area contributed by atoms with Crippen molar-refractivity contribution in [1.82, 2.24) is 5.32 Å². The highest BCUT2D eigenvalue weighted by Gasteiger charge is 2.22. The van der Waals surface area contributed by atoms with Gasteiger partial charge < -0.3 is 25.0 Å². The Morgan fingerprint density at radius 2 is 1.95 bits per heavy atom. The summed E-state index contributed by atoms with van der Waals surface area (Å²) in [7, 11) is 0. The van der Waals surface area contributed by atoms with Crippen molar-refractivity contribution in [3.05, 3.63) is 23.8 Å². The van der Waals surface area contributed by atoms with Gasteiger partial charge in [-0.2, -0.15) is 0 Å². The van der Waals surface area contributed by atoms with Crippen molar-refractivity contribution in [3.8, 4) is 11.5 Å². The van der Waals surface area contributed by atoms with Gasteiger partial charge in [0.15, 0.2) is 11.5 Å². The minimum Gasteiger partial charge on any atom is -0.454 e. The zero-order chi connectivity index (χ0) is 14.7. The summed E-state index contributed by atoms with van der Waals surface area (Å²) in [6, 6.07) is 5.57. The van der Waals surface area contributed by atoms with Crippen LogP contribution in [0, 0.1) is 0 Å². The average Bonchev–Trinajstić information content (AvgIpc) is 2.87. The van der Waals surface area contributed by atoms with Crippen molar-refractivity contribution in [2.24, 2.45) is 0 Å². The Balaban J connectivity index is 1.57. The number of aliphatic hydroxyl groups is 2. The van der Waals surface area contributed by atoms with E-state index in [1.165, 1.54) is 6.42 Å². The second-order valence-electron chi connectivity index (χ2n) is 5.85. The highest BCUT2D eigenvalue weighted by molar-refractivity contribution is 5.45. The minimum absolute atomic E-state index is 0.0798. The molecule has 3 atom stereocenters. The molecule has 3 rings (SSSR count). The maximum Gasteiger partial charge on any atom is 0.231 e. The van der Waals surface area contributed by atoms with Crippen molar-refractivity contribution in [2.75, 3.05) is 13.3 Å². The Morgan fingerprint density at radius 1 is 1.14 bits per heavy atom. The van der Waals surface area contributed by atoms with Crippen molar-refractivity contribution < 1.29 is 19.7 Å². The van der Waals surface area contributed by atoms with Gasteiger partial charge in [0.1, 0.15) is 0 Å². The summed E-state index contributed by atoms with van der Waals surface area (Å²) in [4.78, 5) is 0. The first-order chi connectivity index (χ1) is 10.2. The number of rotatable bonds is 4. The lowest BCUT2D eigenvalue weighted by atomic mass is 10.0. The van der Waals surface area contributed by atoms with Crippen molar-refractivity contribution in [2.45, 2.75) is 50.4 Å². The van der Waals surface area contributed by atoms with Crippen LogP contribution in [0.3, 0.4) is 0 Å². The molecule has 0 spiro atoms. The largest absolute Gasteiger partial charge is 0.454 e. The Labute approximate surface area is 124 Å². The monoisotopic (exact) mass is 293 g/mol. The average molecular weight is 293 g/mol. The molecule has 3 N–H and O–H groups in total. The van der Waals surface area contributed by atoms with Gasteiger partial charge in [-0.05, 0) is 30.5 Å². The number of benzene rings is 1. The highest BCUT2D eigenvalue weighted by Crippen LogP contribution is 2.34. The Bertz CT molecular complexity index is 479. The van der Waals surface area contributed by atoms with Crippen LogP contribution in [0.15, 0.2) is 18.2 Å². The second kappa shape index (κ2) is 6.64. The number of ether oxygens (including phenoxy) is 2. The molecular weight excluding hydrogens is 270 g/mol. The van der Waals surface area contributed by atoms with E-state index in [0.717, 1.165) is 37.0 Å². The normalized spacial score (nSPS) is 26.4. The van der Waals surface area contributed by atoms with E-state index in [4.69, 9.17) is 9.47 Å². The van der Waals surface area contributed by atoms with Crippen LogP contribution in [0.2, 0.25) is 0 Å². The van der Waals surface area contributed by atoms with Gasteiger partial charge in [-0.15, -0.1) is 0 Å². The lowest BCUT2D eigenvalue weighted by Gasteiger charge is -2.23. The van der Waals surface area contributed by atoms with Gasteiger partial charge in [-0.3, -0.25) is 0 Å². The van der Waals surface area contributed by atoms with Crippen LogP contribution in [0.1, 0.15) is 43.8 Å². The molecule has 1 aliphatic carbocycles. The summed E-state index contributed by atoms with van der Waals surface area (Å²) in [5.41, 5.74) is 0.801. The van der Waals surface area contributed by atoms with E-state index in [2.05, 4.69) is 5.32 Å². The van der Waals surface area contributed by atoms with Crippen LogP contribution in [0.4, 0.5) is 0 Å². The fraction of sp³-hybridized carbons (Fsp3) is 0.625. The topological polar surface area (TPSA) is 71.0 Å². The smallest absolute Gasteiger partial charge is 0.231 e. The number of aliphatic hydroxyl groups excluding tert-OH is 2. The molecule has 21 heavy (non-hydrogen) atoms. The molecule has 116 valence electrons. The van der Waals surface area contributed by atoms with Crippen molar-refractivity contribution in [1.29, 1.82) is 0 Å². The zero-order valence-corrected chi connectivity index (χ0v) is 12.1. The van der Waals surface area contributed by atoms with Gasteiger partial charge in [0.25, 0.3) is 0 Å². The van der Waals surface area contributed by atoms with Crippen LogP contribution < -0.4 is 14.8 Å². The van der Waals surface area contributed by atoms with E-state index in [1.54, 1.807) is 0 Å². The summed E-state index contributed by atoms with van der Waals surface area (Å²) in [5.74, 6) is 1.40. The maximum atomic E-state index is 10.3. The number of hydrogen-bond donors (Lipinski definition) is 3. The molecule has 1 heterocycles. The summed E-state index contributed by atoms with van der Waals surface area (Å²) < 4.78 is 10.6. The molecule has 0 bridgehead atoms. The lowest BCUT2D eigenvalue weighted by molar-refractivity contribution is 0.104. The Hall–Kier alpha value is -1.30. The van der Waals surface area contributed by atoms with Gasteiger partial charge in [-0.1, -0.05) is 25.3 Å². The first-order valence-corrected chi connectivity index (χ1v) is 7.73. The number of fused-ring (bicyclic) bond motifs is 1. The summed E-state index contributed by atoms with van der Waals surface area (Å²) in [6.07, 6.45) is 4.29. The molecule has 1 aromatic rings.